The number of fused-ring (bicyclic) bond motifs is 1. The van der Waals surface area contributed by atoms with Crippen LogP contribution in [0.2, 0.25) is 0 Å². The summed E-state index contributed by atoms with van der Waals surface area (Å²) in [5.74, 6) is 1.38. The maximum atomic E-state index is 10.9. The quantitative estimate of drug-likeness (QED) is 0.428. The fourth-order valence-corrected chi connectivity index (χ4v) is 3.94. The third kappa shape index (κ3) is 0.831. The molecular formula is C6H7NOSSe. The first-order valence-corrected chi connectivity index (χ1v) is 6.62. The molecule has 1 amide bonds. The Morgan fingerprint density at radius 3 is 3.20 bits per heavy atom. The number of carbonyl (C=O) groups is 1. The minimum absolute atomic E-state index is 0.272. The predicted octanol–water partition coefficient (Wildman–Crippen LogP) is 0.424. The van der Waals surface area contributed by atoms with Gasteiger partial charge in [-0.2, -0.15) is 0 Å². The summed E-state index contributed by atoms with van der Waals surface area (Å²) >= 11 is 3.11. The van der Waals surface area contributed by atoms with E-state index < -0.39 is 0 Å². The standard InChI is InChI=1S/C6H7NOSSe/c8-5-4-6-7(5)2-1-3-9(6)10/h1-2,6H,3-4H2. The van der Waals surface area contributed by atoms with Crippen molar-refractivity contribution in [3.05, 3.63) is 12.3 Å². The average molecular weight is 220 g/mol. The molecule has 0 saturated carbocycles. The average Bonchev–Trinajstić information content (AvgIpc) is 1.91. The Hall–Kier alpha value is 0.0795. The second-order valence-corrected chi connectivity index (χ2v) is 6.73. The number of carbonyl (C=O) groups excluding carboxylic acids is 1. The molecular weight excluding hydrogens is 213 g/mol. The van der Waals surface area contributed by atoms with E-state index in [2.05, 4.69) is 20.5 Å². The number of hydrogen-bond acceptors (Lipinski definition) is 1. The van der Waals surface area contributed by atoms with E-state index in [9.17, 15) is 4.79 Å². The van der Waals surface area contributed by atoms with Gasteiger partial charge in [-0.25, -0.2) is 0 Å². The van der Waals surface area contributed by atoms with Gasteiger partial charge in [0, 0.05) is 0 Å². The van der Waals surface area contributed by atoms with Crippen LogP contribution in [0, 0.1) is 0 Å². The summed E-state index contributed by atoms with van der Waals surface area (Å²) in [4.78, 5) is 12.7. The van der Waals surface area contributed by atoms with Crippen molar-refractivity contribution in [2.75, 3.05) is 5.75 Å². The molecule has 0 aromatic carbocycles. The van der Waals surface area contributed by atoms with Crippen LogP contribution < -0.4 is 0 Å². The number of β-lactam (4-membered cyclic amide) rings is 1. The molecule has 4 heteroatoms. The van der Waals surface area contributed by atoms with Gasteiger partial charge in [0.1, 0.15) is 0 Å². The summed E-state index contributed by atoms with van der Waals surface area (Å²) in [6.07, 6.45) is 4.73. The van der Waals surface area contributed by atoms with Crippen LogP contribution in [0.25, 0.3) is 0 Å². The molecule has 1 fully saturated rings. The van der Waals surface area contributed by atoms with Gasteiger partial charge < -0.3 is 0 Å². The van der Waals surface area contributed by atoms with Crippen molar-refractivity contribution in [1.82, 2.24) is 4.90 Å². The molecule has 0 spiro atoms. The Bertz CT molecular complexity index is 238. The molecule has 0 aliphatic carbocycles. The number of rotatable bonds is 0. The number of hydrogen-bond donors (Lipinski definition) is 0. The van der Waals surface area contributed by atoms with Crippen LogP contribution in [0.4, 0.5) is 0 Å². The van der Waals surface area contributed by atoms with Gasteiger partial charge in [-0.3, -0.25) is 0 Å². The molecule has 2 nitrogen and oxygen atoms in total. The minimum atomic E-state index is 0.272. The van der Waals surface area contributed by atoms with Gasteiger partial charge in [0.05, 0.1) is 0 Å². The second kappa shape index (κ2) is 2.29. The van der Waals surface area contributed by atoms with Crippen LogP contribution in [-0.2, 0) is 4.79 Å². The molecule has 2 unspecified atom stereocenters. The molecule has 1 saturated heterocycles. The summed E-state index contributed by atoms with van der Waals surface area (Å²) in [5.41, 5.74) is 0. The molecule has 2 aliphatic heterocycles. The van der Waals surface area contributed by atoms with Crippen LogP contribution in [0.1, 0.15) is 6.42 Å². The summed E-state index contributed by atoms with van der Waals surface area (Å²) in [6, 6.07) is 0. The molecule has 0 aromatic rings. The fraction of sp³-hybridized carbons (Fsp3) is 0.500. The van der Waals surface area contributed by atoms with Gasteiger partial charge >= 0.3 is 68.6 Å². The summed E-state index contributed by atoms with van der Waals surface area (Å²) in [7, 11) is 0.294. The monoisotopic (exact) mass is 221 g/mol. The van der Waals surface area contributed by atoms with E-state index in [1.807, 2.05) is 11.1 Å². The third-order valence-corrected chi connectivity index (χ3v) is 5.55. The van der Waals surface area contributed by atoms with Gasteiger partial charge in [0.25, 0.3) is 0 Å². The predicted molar refractivity (Wildman–Crippen MR) is 42.6 cm³/mol. The molecule has 54 valence electrons. The summed E-state index contributed by atoms with van der Waals surface area (Å²) in [6.45, 7) is 0. The molecule has 2 rings (SSSR count). The van der Waals surface area contributed by atoms with Crippen molar-refractivity contribution in [3.63, 3.8) is 0 Å². The van der Waals surface area contributed by atoms with E-state index >= 15 is 0 Å². The molecule has 0 N–H and O–H groups in total. The van der Waals surface area contributed by atoms with Crippen molar-refractivity contribution in [1.29, 1.82) is 0 Å². The van der Waals surface area contributed by atoms with E-state index in [1.165, 1.54) is 0 Å². The van der Waals surface area contributed by atoms with Crippen molar-refractivity contribution in [2.24, 2.45) is 0 Å². The zero-order chi connectivity index (χ0) is 7.14. The first-order chi connectivity index (χ1) is 4.79. The van der Waals surface area contributed by atoms with Gasteiger partial charge in [0.2, 0.25) is 0 Å². The van der Waals surface area contributed by atoms with Crippen LogP contribution >= 0.6 is 8.82 Å². The topological polar surface area (TPSA) is 20.3 Å². The first kappa shape index (κ1) is 6.77. The molecule has 2 aliphatic rings. The number of nitrogens with zero attached hydrogens (tertiary/aromatic N) is 1. The van der Waals surface area contributed by atoms with Gasteiger partial charge in [0.15, 0.2) is 0 Å². The Morgan fingerprint density at radius 2 is 2.60 bits per heavy atom. The molecule has 0 radical (unpaired) electrons. The fourth-order valence-electron chi connectivity index (χ4n) is 1.16. The molecule has 2 heterocycles. The van der Waals surface area contributed by atoms with E-state index in [4.69, 9.17) is 0 Å². The van der Waals surface area contributed by atoms with E-state index in [-0.39, 0.29) is 5.91 Å². The van der Waals surface area contributed by atoms with Gasteiger partial charge in [-0.15, -0.1) is 0 Å². The van der Waals surface area contributed by atoms with Crippen molar-refractivity contribution in [3.8, 4) is 0 Å². The maximum absolute atomic E-state index is 10.9. The number of amides is 1. The van der Waals surface area contributed by atoms with Crippen LogP contribution in [-0.4, -0.2) is 36.3 Å². The van der Waals surface area contributed by atoms with Gasteiger partial charge in [-0.05, 0) is 0 Å². The normalized spacial score (nSPS) is 37.2. The van der Waals surface area contributed by atoms with Crippen LogP contribution in [0.15, 0.2) is 12.3 Å². The zero-order valence-corrected chi connectivity index (χ0v) is 7.85. The van der Waals surface area contributed by atoms with E-state index in [0.717, 1.165) is 12.2 Å². The first-order valence-electron chi connectivity index (χ1n) is 3.14. The van der Waals surface area contributed by atoms with Crippen molar-refractivity contribution < 1.29 is 4.79 Å². The Balaban J connectivity index is 2.25. The van der Waals surface area contributed by atoms with Crippen LogP contribution in [0.3, 0.4) is 0 Å². The Morgan fingerprint density at radius 1 is 1.80 bits per heavy atom. The second-order valence-electron chi connectivity index (χ2n) is 2.39. The molecule has 0 aromatic heterocycles. The van der Waals surface area contributed by atoms with Crippen molar-refractivity contribution in [2.45, 2.75) is 11.8 Å². The zero-order valence-electron chi connectivity index (χ0n) is 5.32. The SMILES string of the molecule is O=C1CC2N1C=CCS2=[Se]. The Kier molecular flexibility index (Phi) is 1.55. The Labute approximate surface area is 68.9 Å². The molecule has 2 atom stereocenters. The van der Waals surface area contributed by atoms with Crippen molar-refractivity contribution >= 4 is 29.1 Å². The summed E-state index contributed by atoms with van der Waals surface area (Å²) in [5, 5.41) is 0.498. The van der Waals surface area contributed by atoms with Crippen LogP contribution in [0.5, 0.6) is 0 Å². The summed E-state index contributed by atoms with van der Waals surface area (Å²) < 4.78 is 0. The van der Waals surface area contributed by atoms with E-state index in [1.54, 1.807) is 0 Å². The molecule has 10 heavy (non-hydrogen) atoms. The van der Waals surface area contributed by atoms with E-state index in [0.29, 0.717) is 14.2 Å². The van der Waals surface area contributed by atoms with Gasteiger partial charge in [-0.1, -0.05) is 0 Å². The molecule has 0 bridgehead atoms. The third-order valence-electron chi connectivity index (χ3n) is 1.78.